The summed E-state index contributed by atoms with van der Waals surface area (Å²) in [6.45, 7) is 1.42. The molecule has 188 valence electrons. The van der Waals surface area contributed by atoms with Crippen molar-refractivity contribution in [2.24, 2.45) is 11.8 Å². The third kappa shape index (κ3) is 5.09. The first-order chi connectivity index (χ1) is 18.0. The Balaban J connectivity index is 1.12. The van der Waals surface area contributed by atoms with Crippen molar-refractivity contribution in [2.45, 2.75) is 31.9 Å². The third-order valence-corrected chi connectivity index (χ3v) is 7.20. The molecule has 0 unspecified atom stereocenters. The van der Waals surface area contributed by atoms with Crippen molar-refractivity contribution in [1.82, 2.24) is 14.9 Å². The average Bonchev–Trinajstić information content (AvgIpc) is 3.51. The molecule has 1 N–H and O–H groups in total. The summed E-state index contributed by atoms with van der Waals surface area (Å²) in [5.41, 5.74) is 4.00. The molecule has 4 aromatic rings. The number of aromatic nitrogens is 2. The van der Waals surface area contributed by atoms with E-state index >= 15 is 0 Å². The van der Waals surface area contributed by atoms with Gasteiger partial charge in [-0.2, -0.15) is 0 Å². The zero-order chi connectivity index (χ0) is 25.4. The molecule has 6 rings (SSSR count). The number of likely N-dealkylation sites (tertiary alicyclic amines) is 1. The maximum Gasteiger partial charge on any atom is 0.272 e. The molecule has 2 amide bonds. The van der Waals surface area contributed by atoms with Gasteiger partial charge in [-0.25, -0.2) is 9.37 Å². The van der Waals surface area contributed by atoms with Crippen LogP contribution in [0.5, 0.6) is 0 Å². The lowest BCUT2D eigenvalue weighted by Gasteiger charge is -2.32. The maximum absolute atomic E-state index is 13.2. The van der Waals surface area contributed by atoms with Crippen molar-refractivity contribution in [3.8, 4) is 11.5 Å². The summed E-state index contributed by atoms with van der Waals surface area (Å²) < 4.78 is 19.1. The number of hydrogen-bond acceptors (Lipinski definition) is 5. The number of nitrogens with zero attached hydrogens (tertiary/aromatic N) is 3. The van der Waals surface area contributed by atoms with E-state index in [1.54, 1.807) is 36.5 Å². The lowest BCUT2D eigenvalue weighted by molar-refractivity contribution is -0.117. The molecular weight excluding hydrogens is 471 g/mol. The van der Waals surface area contributed by atoms with E-state index in [4.69, 9.17) is 4.42 Å². The summed E-state index contributed by atoms with van der Waals surface area (Å²) in [5.74, 6) is -0.0410. The Hall–Kier alpha value is -4.07. The highest BCUT2D eigenvalue weighted by molar-refractivity contribution is 5.96. The van der Waals surface area contributed by atoms with Crippen molar-refractivity contribution in [3.05, 3.63) is 78.1 Å². The third-order valence-electron chi connectivity index (χ3n) is 7.20. The summed E-state index contributed by atoms with van der Waals surface area (Å²) in [4.78, 5) is 36.0. The monoisotopic (exact) mass is 498 g/mol. The van der Waals surface area contributed by atoms with E-state index in [1.165, 1.54) is 5.56 Å². The van der Waals surface area contributed by atoms with Gasteiger partial charge in [0, 0.05) is 30.5 Å². The number of hydrogen-bond donors (Lipinski definition) is 1. The van der Waals surface area contributed by atoms with Crippen LogP contribution in [0.1, 0.15) is 35.3 Å². The topological polar surface area (TPSA) is 88.3 Å². The van der Waals surface area contributed by atoms with Gasteiger partial charge in [0.05, 0.1) is 5.92 Å². The number of carbonyl (C=O) groups excluding carboxylic acids is 2. The maximum atomic E-state index is 13.2. The Morgan fingerprint density at radius 1 is 1.05 bits per heavy atom. The van der Waals surface area contributed by atoms with Crippen molar-refractivity contribution in [2.75, 3.05) is 18.4 Å². The summed E-state index contributed by atoms with van der Waals surface area (Å²) in [6, 6.07) is 19.1. The number of fused-ring (bicyclic) bond motifs is 1. The predicted octanol–water partition coefficient (Wildman–Crippen LogP) is 5.28. The number of amides is 2. The van der Waals surface area contributed by atoms with Crippen LogP contribution in [-0.2, 0) is 11.2 Å². The van der Waals surface area contributed by atoms with Crippen LogP contribution in [0.3, 0.4) is 0 Å². The van der Waals surface area contributed by atoms with E-state index in [1.807, 2.05) is 11.0 Å². The van der Waals surface area contributed by atoms with Crippen LogP contribution in [0.15, 0.2) is 71.3 Å². The number of benzene rings is 2. The zero-order valence-electron chi connectivity index (χ0n) is 20.3. The summed E-state index contributed by atoms with van der Waals surface area (Å²) in [7, 11) is 0. The van der Waals surface area contributed by atoms with Crippen molar-refractivity contribution >= 4 is 28.6 Å². The highest BCUT2D eigenvalue weighted by Gasteiger charge is 2.43. The van der Waals surface area contributed by atoms with E-state index in [0.29, 0.717) is 52.9 Å². The van der Waals surface area contributed by atoms with Crippen LogP contribution in [0, 0.1) is 11.8 Å². The Labute approximate surface area is 213 Å². The van der Waals surface area contributed by atoms with Crippen LogP contribution >= 0.6 is 0 Å². The number of carbonyl (C=O) groups is 2. The number of piperidine rings is 1. The van der Waals surface area contributed by atoms with Crippen molar-refractivity contribution in [3.63, 3.8) is 0 Å². The number of rotatable bonds is 6. The quantitative estimate of drug-likeness (QED) is 0.391. The van der Waals surface area contributed by atoms with E-state index in [-0.39, 0.29) is 18.2 Å². The summed E-state index contributed by atoms with van der Waals surface area (Å²) in [6.07, 6.45) is 3.79. The first kappa shape index (κ1) is 23.3. The summed E-state index contributed by atoms with van der Waals surface area (Å²) >= 11 is 0. The number of anilines is 1. The minimum absolute atomic E-state index is 0.0904. The molecule has 1 saturated carbocycles. The molecule has 0 bridgehead atoms. The fourth-order valence-corrected chi connectivity index (χ4v) is 4.93. The van der Waals surface area contributed by atoms with E-state index in [2.05, 4.69) is 39.6 Å². The Bertz CT molecular complexity index is 1450. The fraction of sp³-hybridized carbons (Fsp3) is 0.310. The number of oxazole rings is 1. The van der Waals surface area contributed by atoms with Crippen molar-refractivity contribution < 1.29 is 18.4 Å². The van der Waals surface area contributed by atoms with Gasteiger partial charge in [-0.15, -0.1) is 0 Å². The lowest BCUT2D eigenvalue weighted by Crippen LogP contribution is -2.39. The predicted molar refractivity (Wildman–Crippen MR) is 138 cm³/mol. The molecule has 1 aliphatic carbocycles. The van der Waals surface area contributed by atoms with Gasteiger partial charge in [-0.1, -0.05) is 30.3 Å². The molecule has 2 aliphatic rings. The van der Waals surface area contributed by atoms with Crippen LogP contribution < -0.4 is 5.32 Å². The van der Waals surface area contributed by atoms with Gasteiger partial charge < -0.3 is 14.6 Å². The SMILES string of the molecule is O=C(Nc1ccc2oc(-c3ccnc(C(=O)N4CCC(Cc5ccccc5)CC4)c3)nc2c1)[C@H]1C[C@H]1F. The van der Waals surface area contributed by atoms with Gasteiger partial charge in [0.15, 0.2) is 5.58 Å². The van der Waals surface area contributed by atoms with Crippen LogP contribution in [0.25, 0.3) is 22.6 Å². The fourth-order valence-electron chi connectivity index (χ4n) is 4.93. The first-order valence-corrected chi connectivity index (χ1v) is 12.7. The second kappa shape index (κ2) is 9.76. The van der Waals surface area contributed by atoms with Gasteiger partial charge >= 0.3 is 0 Å². The largest absolute Gasteiger partial charge is 0.436 e. The molecule has 0 radical (unpaired) electrons. The minimum atomic E-state index is -1.05. The first-order valence-electron chi connectivity index (χ1n) is 12.7. The highest BCUT2D eigenvalue weighted by atomic mass is 19.1. The molecular formula is C29H27FN4O3. The molecule has 2 aromatic carbocycles. The molecule has 2 fully saturated rings. The molecule has 37 heavy (non-hydrogen) atoms. The van der Waals surface area contributed by atoms with E-state index < -0.39 is 12.1 Å². The van der Waals surface area contributed by atoms with Gasteiger partial charge in [0.1, 0.15) is 17.4 Å². The molecule has 1 saturated heterocycles. The molecule has 7 nitrogen and oxygen atoms in total. The minimum Gasteiger partial charge on any atom is -0.436 e. The smallest absolute Gasteiger partial charge is 0.272 e. The van der Waals surface area contributed by atoms with Crippen LogP contribution in [0.4, 0.5) is 10.1 Å². The average molecular weight is 499 g/mol. The van der Waals surface area contributed by atoms with Crippen LogP contribution in [-0.4, -0.2) is 45.9 Å². The highest BCUT2D eigenvalue weighted by Crippen LogP contribution is 2.35. The van der Waals surface area contributed by atoms with Gasteiger partial charge in [-0.3, -0.25) is 14.6 Å². The zero-order valence-corrected chi connectivity index (χ0v) is 20.3. The Morgan fingerprint density at radius 2 is 1.84 bits per heavy atom. The molecule has 3 heterocycles. The standard InChI is InChI=1S/C29H27FN4O3/c30-23-17-22(23)27(35)32-21-6-7-26-24(16-21)33-28(37-26)20-8-11-31-25(15-20)29(36)34-12-9-19(10-13-34)14-18-4-2-1-3-5-18/h1-8,11,15-16,19,22-23H,9-10,12-14,17H2,(H,32,35)/t22-,23+/m0/s1. The molecule has 2 aromatic heterocycles. The Morgan fingerprint density at radius 3 is 2.59 bits per heavy atom. The molecule has 1 aliphatic heterocycles. The second-order valence-electron chi connectivity index (χ2n) is 9.90. The Kier molecular flexibility index (Phi) is 6.16. The van der Waals surface area contributed by atoms with Gasteiger partial charge in [0.2, 0.25) is 11.8 Å². The number of halogens is 1. The number of nitrogens with one attached hydrogen (secondary N) is 1. The molecule has 0 spiro atoms. The van der Waals surface area contributed by atoms with E-state index in [0.717, 1.165) is 19.3 Å². The number of pyridine rings is 1. The molecule has 8 heteroatoms. The lowest BCUT2D eigenvalue weighted by atomic mass is 9.90. The van der Waals surface area contributed by atoms with Crippen molar-refractivity contribution in [1.29, 1.82) is 0 Å². The second-order valence-corrected chi connectivity index (χ2v) is 9.90. The number of alkyl halides is 1. The van der Waals surface area contributed by atoms with Crippen LogP contribution in [0.2, 0.25) is 0 Å². The normalized spacial score (nSPS) is 19.6. The van der Waals surface area contributed by atoms with Gasteiger partial charge in [0.25, 0.3) is 5.91 Å². The van der Waals surface area contributed by atoms with Gasteiger partial charge in [-0.05, 0) is 67.5 Å². The summed E-state index contributed by atoms with van der Waals surface area (Å²) in [5, 5.41) is 2.73. The van der Waals surface area contributed by atoms with E-state index in [9.17, 15) is 14.0 Å². The molecule has 2 atom stereocenters.